The second-order valence-electron chi connectivity index (χ2n) is 7.99. The number of nitrogens with one attached hydrogen (secondary N) is 1. The molecular formula is C23H25N5OS2. The fourth-order valence-electron chi connectivity index (χ4n) is 3.97. The lowest BCUT2D eigenvalue weighted by Crippen LogP contribution is -2.48. The van der Waals surface area contributed by atoms with Crippen LogP contribution in [-0.2, 0) is 0 Å². The van der Waals surface area contributed by atoms with Crippen molar-refractivity contribution in [2.45, 2.75) is 13.8 Å². The summed E-state index contributed by atoms with van der Waals surface area (Å²) < 4.78 is 2.35. The number of hydrogen-bond donors (Lipinski definition) is 1. The van der Waals surface area contributed by atoms with Gasteiger partial charge in [-0.25, -0.2) is 9.97 Å². The number of benzene rings is 2. The first kappa shape index (κ1) is 20.4. The van der Waals surface area contributed by atoms with Crippen LogP contribution in [0.5, 0.6) is 0 Å². The van der Waals surface area contributed by atoms with Crippen LogP contribution in [0.15, 0.2) is 35.8 Å². The molecule has 8 heteroatoms. The Balaban J connectivity index is 1.13. The number of aryl methyl sites for hydroxylation is 2. The van der Waals surface area contributed by atoms with Crippen LogP contribution in [0.25, 0.3) is 20.4 Å². The van der Waals surface area contributed by atoms with Gasteiger partial charge in [0.2, 0.25) is 0 Å². The summed E-state index contributed by atoms with van der Waals surface area (Å²) in [6.45, 7) is 9.70. The van der Waals surface area contributed by atoms with Crippen LogP contribution in [-0.4, -0.2) is 60.0 Å². The van der Waals surface area contributed by atoms with Crippen LogP contribution in [0.1, 0.15) is 21.5 Å². The first-order chi connectivity index (χ1) is 15.1. The SMILES string of the molecule is Cc1ccc(C)c2sc(N3CCN(CCNC(=O)c4ccc5ncsc5c4)CC3)nc12. The highest BCUT2D eigenvalue weighted by atomic mass is 32.1. The number of amides is 1. The summed E-state index contributed by atoms with van der Waals surface area (Å²) in [5, 5.41) is 4.18. The maximum Gasteiger partial charge on any atom is 0.251 e. The van der Waals surface area contributed by atoms with E-state index in [0.717, 1.165) is 53.6 Å². The van der Waals surface area contributed by atoms with E-state index < -0.39 is 0 Å². The first-order valence-corrected chi connectivity index (χ1v) is 12.2. The molecule has 0 radical (unpaired) electrons. The highest BCUT2D eigenvalue weighted by Gasteiger charge is 2.20. The molecule has 0 saturated carbocycles. The lowest BCUT2D eigenvalue weighted by molar-refractivity contribution is 0.0948. The molecule has 2 aromatic carbocycles. The number of fused-ring (bicyclic) bond motifs is 2. The Bertz CT molecular complexity index is 1200. The minimum absolute atomic E-state index is 0.0193. The number of rotatable bonds is 5. The molecule has 0 aliphatic carbocycles. The molecule has 5 rings (SSSR count). The molecule has 2 aromatic heterocycles. The van der Waals surface area contributed by atoms with Crippen LogP contribution >= 0.6 is 22.7 Å². The van der Waals surface area contributed by atoms with Crippen LogP contribution in [0.3, 0.4) is 0 Å². The van der Waals surface area contributed by atoms with Gasteiger partial charge in [0.25, 0.3) is 5.91 Å². The van der Waals surface area contributed by atoms with Crippen molar-refractivity contribution in [1.29, 1.82) is 0 Å². The lowest BCUT2D eigenvalue weighted by atomic mass is 10.1. The molecule has 3 heterocycles. The van der Waals surface area contributed by atoms with Gasteiger partial charge in [0.05, 0.1) is 25.9 Å². The molecule has 31 heavy (non-hydrogen) atoms. The van der Waals surface area contributed by atoms with Gasteiger partial charge in [0, 0.05) is 44.8 Å². The first-order valence-electron chi connectivity index (χ1n) is 10.5. The van der Waals surface area contributed by atoms with Crippen molar-refractivity contribution < 1.29 is 4.79 Å². The van der Waals surface area contributed by atoms with Crippen molar-refractivity contribution in [2.24, 2.45) is 0 Å². The standard InChI is InChI=1S/C23H25N5OS2/c1-15-3-4-16(2)21-20(15)26-23(31-21)28-11-9-27(10-12-28)8-7-24-22(29)17-5-6-18-19(13-17)30-14-25-18/h3-6,13-14H,7-12H2,1-2H3,(H,24,29). The summed E-state index contributed by atoms with van der Waals surface area (Å²) in [7, 11) is 0. The van der Waals surface area contributed by atoms with Crippen molar-refractivity contribution in [3.63, 3.8) is 0 Å². The second kappa shape index (κ2) is 8.53. The highest BCUT2D eigenvalue weighted by Crippen LogP contribution is 2.33. The van der Waals surface area contributed by atoms with Gasteiger partial charge in [0.1, 0.15) is 0 Å². The van der Waals surface area contributed by atoms with Gasteiger partial charge in [-0.05, 0) is 43.2 Å². The molecule has 4 aromatic rings. The summed E-state index contributed by atoms with van der Waals surface area (Å²) in [6, 6.07) is 10.0. The van der Waals surface area contributed by atoms with Crippen molar-refractivity contribution in [1.82, 2.24) is 20.2 Å². The van der Waals surface area contributed by atoms with Crippen molar-refractivity contribution in [3.8, 4) is 0 Å². The van der Waals surface area contributed by atoms with E-state index in [2.05, 4.69) is 46.1 Å². The van der Waals surface area contributed by atoms with E-state index in [-0.39, 0.29) is 5.91 Å². The number of aromatic nitrogens is 2. The van der Waals surface area contributed by atoms with Gasteiger partial charge in [-0.2, -0.15) is 0 Å². The third kappa shape index (κ3) is 4.15. The van der Waals surface area contributed by atoms with Gasteiger partial charge >= 0.3 is 0 Å². The molecule has 1 aliphatic heterocycles. The molecule has 1 saturated heterocycles. The van der Waals surface area contributed by atoms with Gasteiger partial charge in [-0.3, -0.25) is 9.69 Å². The molecule has 1 amide bonds. The molecule has 1 fully saturated rings. The van der Waals surface area contributed by atoms with Crippen LogP contribution in [0, 0.1) is 13.8 Å². The topological polar surface area (TPSA) is 61.4 Å². The summed E-state index contributed by atoms with van der Waals surface area (Å²) in [6.07, 6.45) is 0. The van der Waals surface area contributed by atoms with Crippen LogP contribution < -0.4 is 10.2 Å². The average molecular weight is 452 g/mol. The molecule has 1 N–H and O–H groups in total. The van der Waals surface area contributed by atoms with Gasteiger partial charge in [-0.1, -0.05) is 23.5 Å². The minimum Gasteiger partial charge on any atom is -0.351 e. The quantitative estimate of drug-likeness (QED) is 0.496. The maximum absolute atomic E-state index is 12.5. The second-order valence-corrected chi connectivity index (χ2v) is 9.86. The molecule has 0 atom stereocenters. The zero-order valence-electron chi connectivity index (χ0n) is 17.7. The Labute approximate surface area is 189 Å². The largest absolute Gasteiger partial charge is 0.351 e. The van der Waals surface area contributed by atoms with Crippen molar-refractivity contribution in [3.05, 3.63) is 52.5 Å². The van der Waals surface area contributed by atoms with Crippen LogP contribution in [0.2, 0.25) is 0 Å². The number of piperazine rings is 1. The molecule has 0 spiro atoms. The lowest BCUT2D eigenvalue weighted by Gasteiger charge is -2.34. The van der Waals surface area contributed by atoms with E-state index in [1.165, 1.54) is 15.8 Å². The molecule has 6 nitrogen and oxygen atoms in total. The Morgan fingerprint density at radius 2 is 1.90 bits per heavy atom. The number of nitrogens with zero attached hydrogens (tertiary/aromatic N) is 4. The summed E-state index contributed by atoms with van der Waals surface area (Å²) >= 11 is 3.36. The zero-order chi connectivity index (χ0) is 21.4. The molecular weight excluding hydrogens is 426 g/mol. The average Bonchev–Trinajstić information content (AvgIpc) is 3.44. The van der Waals surface area contributed by atoms with Gasteiger partial charge in [-0.15, -0.1) is 11.3 Å². The fraction of sp³-hybridized carbons (Fsp3) is 0.348. The minimum atomic E-state index is -0.0193. The van der Waals surface area contributed by atoms with Crippen molar-refractivity contribution >= 4 is 54.1 Å². The number of carbonyl (C=O) groups is 1. The van der Waals surface area contributed by atoms with E-state index in [1.54, 1.807) is 22.7 Å². The monoisotopic (exact) mass is 451 g/mol. The third-order valence-electron chi connectivity index (χ3n) is 5.88. The van der Waals surface area contributed by atoms with Crippen LogP contribution in [0.4, 0.5) is 5.13 Å². The number of anilines is 1. The smallest absolute Gasteiger partial charge is 0.251 e. The number of thiazole rings is 2. The van der Waals surface area contributed by atoms with E-state index in [1.807, 2.05) is 23.7 Å². The fourth-order valence-corrected chi connectivity index (χ4v) is 5.85. The summed E-state index contributed by atoms with van der Waals surface area (Å²) in [4.78, 5) is 26.5. The van der Waals surface area contributed by atoms with Crippen molar-refractivity contribution in [2.75, 3.05) is 44.2 Å². The van der Waals surface area contributed by atoms with E-state index in [0.29, 0.717) is 12.1 Å². The number of hydrogen-bond acceptors (Lipinski definition) is 7. The van der Waals surface area contributed by atoms with E-state index in [4.69, 9.17) is 4.98 Å². The summed E-state index contributed by atoms with van der Waals surface area (Å²) in [5.74, 6) is -0.0193. The number of carbonyl (C=O) groups excluding carboxylic acids is 1. The zero-order valence-corrected chi connectivity index (χ0v) is 19.4. The Hall–Kier alpha value is -2.55. The van der Waals surface area contributed by atoms with Gasteiger partial charge < -0.3 is 10.2 Å². The Kier molecular flexibility index (Phi) is 5.60. The Morgan fingerprint density at radius 3 is 2.71 bits per heavy atom. The molecule has 160 valence electrons. The predicted octanol–water partition coefficient (Wildman–Crippen LogP) is 4.07. The molecule has 1 aliphatic rings. The molecule has 0 bridgehead atoms. The normalized spacial score (nSPS) is 15.1. The highest BCUT2D eigenvalue weighted by molar-refractivity contribution is 7.22. The van der Waals surface area contributed by atoms with E-state index >= 15 is 0 Å². The van der Waals surface area contributed by atoms with Gasteiger partial charge in [0.15, 0.2) is 5.13 Å². The predicted molar refractivity (Wildman–Crippen MR) is 130 cm³/mol. The van der Waals surface area contributed by atoms with E-state index in [9.17, 15) is 4.79 Å². The third-order valence-corrected chi connectivity index (χ3v) is 7.92. The maximum atomic E-state index is 12.5. The Morgan fingerprint density at radius 1 is 1.10 bits per heavy atom. The summed E-state index contributed by atoms with van der Waals surface area (Å²) in [5.41, 5.74) is 7.13. The molecule has 0 unspecified atom stereocenters.